The van der Waals surface area contributed by atoms with Gasteiger partial charge >= 0.3 is 39.5 Å². The van der Waals surface area contributed by atoms with Crippen molar-refractivity contribution in [2.24, 2.45) is 5.92 Å². The molecule has 0 aliphatic heterocycles. The number of esters is 4. The van der Waals surface area contributed by atoms with Crippen LogP contribution in [0.25, 0.3) is 0 Å². The van der Waals surface area contributed by atoms with Crippen LogP contribution >= 0.6 is 15.6 Å². The van der Waals surface area contributed by atoms with Gasteiger partial charge in [0, 0.05) is 25.7 Å². The van der Waals surface area contributed by atoms with Gasteiger partial charge in [0.2, 0.25) is 0 Å². The van der Waals surface area contributed by atoms with Gasteiger partial charge in [-0.25, -0.2) is 9.13 Å². The third-order valence-corrected chi connectivity index (χ3v) is 20.7. The zero-order chi connectivity index (χ0) is 72.7. The number of aliphatic hydroxyl groups excluding tert-OH is 1. The van der Waals surface area contributed by atoms with Crippen molar-refractivity contribution >= 4 is 39.5 Å². The number of hydrogen-bond acceptors (Lipinski definition) is 15. The highest BCUT2D eigenvalue weighted by Gasteiger charge is 2.30. The maximum Gasteiger partial charge on any atom is 0.472 e. The lowest BCUT2D eigenvalue weighted by molar-refractivity contribution is -0.161. The number of phosphoric acid groups is 2. The molecule has 2 unspecified atom stereocenters. The molecule has 99 heavy (non-hydrogen) atoms. The first kappa shape index (κ1) is 97.1. The van der Waals surface area contributed by atoms with E-state index in [1.807, 2.05) is 0 Å². The van der Waals surface area contributed by atoms with Crippen molar-refractivity contribution in [3.05, 3.63) is 0 Å². The van der Waals surface area contributed by atoms with E-state index in [0.717, 1.165) is 95.8 Å². The Balaban J connectivity index is 5.22. The number of ether oxygens (including phenoxy) is 4. The second-order valence-electron chi connectivity index (χ2n) is 29.3. The van der Waals surface area contributed by atoms with Gasteiger partial charge in [-0.3, -0.25) is 37.3 Å². The van der Waals surface area contributed by atoms with Crippen molar-refractivity contribution in [3.8, 4) is 0 Å². The second kappa shape index (κ2) is 73.0. The van der Waals surface area contributed by atoms with E-state index in [4.69, 9.17) is 37.0 Å². The number of unbranched alkanes of at least 4 members (excludes halogenated alkanes) is 52. The van der Waals surface area contributed by atoms with Gasteiger partial charge in [-0.2, -0.15) is 0 Å². The van der Waals surface area contributed by atoms with Crippen LogP contribution in [0, 0.1) is 5.92 Å². The van der Waals surface area contributed by atoms with Crippen molar-refractivity contribution in [2.45, 2.75) is 445 Å². The molecule has 5 atom stereocenters. The van der Waals surface area contributed by atoms with Gasteiger partial charge in [-0.15, -0.1) is 0 Å². The molecular formula is C80H156O17P2. The van der Waals surface area contributed by atoms with Crippen LogP contribution in [0.1, 0.15) is 426 Å². The fraction of sp³-hybridized carbons (Fsp3) is 0.950. The molecule has 0 spiro atoms. The summed E-state index contributed by atoms with van der Waals surface area (Å²) in [6.45, 7) is 7.33. The first-order chi connectivity index (χ1) is 48.0. The molecule has 0 aromatic carbocycles. The zero-order valence-electron chi connectivity index (χ0n) is 64.6. The number of phosphoric ester groups is 2. The van der Waals surface area contributed by atoms with Crippen molar-refractivity contribution in [1.29, 1.82) is 0 Å². The Kier molecular flexibility index (Phi) is 71.6. The third-order valence-electron chi connectivity index (χ3n) is 18.8. The Morgan fingerprint density at radius 2 is 0.465 bits per heavy atom. The predicted octanol–water partition coefficient (Wildman–Crippen LogP) is 24.0. The summed E-state index contributed by atoms with van der Waals surface area (Å²) >= 11 is 0. The molecule has 0 radical (unpaired) electrons. The van der Waals surface area contributed by atoms with E-state index in [9.17, 15) is 43.2 Å². The summed E-state index contributed by atoms with van der Waals surface area (Å²) in [7, 11) is -9.92. The maximum atomic E-state index is 13.1. The van der Waals surface area contributed by atoms with Crippen LogP contribution in [0.2, 0.25) is 0 Å². The van der Waals surface area contributed by atoms with Crippen LogP contribution in [-0.2, 0) is 65.4 Å². The minimum atomic E-state index is -4.96. The molecule has 0 rings (SSSR count). The monoisotopic (exact) mass is 1450 g/mol. The van der Waals surface area contributed by atoms with E-state index >= 15 is 0 Å². The average Bonchev–Trinajstić information content (AvgIpc) is 1.05. The SMILES string of the molecule is CCCCCCCCCCCCCCCCCCCCCCC(=O)O[C@H](COC(=O)CCCCCCCCCCCCCCC(C)C)COP(=O)(O)OC[C@@H](O)COP(=O)(O)OC[C@@H](COC(=O)CCCCCCCCCCCC)OC(=O)CCCCCCCCCCCCCCCC. The van der Waals surface area contributed by atoms with E-state index in [1.165, 1.54) is 250 Å². The molecule has 0 saturated carbocycles. The average molecular weight is 1450 g/mol. The van der Waals surface area contributed by atoms with Crippen LogP contribution in [0.4, 0.5) is 0 Å². The summed E-state index contributed by atoms with van der Waals surface area (Å²) < 4.78 is 68.7. The second-order valence-corrected chi connectivity index (χ2v) is 32.2. The van der Waals surface area contributed by atoms with Gasteiger partial charge in [0.1, 0.15) is 19.3 Å². The Bertz CT molecular complexity index is 1890. The molecule has 0 aromatic rings. The Hall–Kier alpha value is -1.94. The van der Waals surface area contributed by atoms with E-state index in [1.54, 1.807) is 0 Å². The Morgan fingerprint density at radius 3 is 0.687 bits per heavy atom. The van der Waals surface area contributed by atoms with Gasteiger partial charge in [0.15, 0.2) is 12.2 Å². The Morgan fingerprint density at radius 1 is 0.273 bits per heavy atom. The highest BCUT2D eigenvalue weighted by molar-refractivity contribution is 7.47. The lowest BCUT2D eigenvalue weighted by Gasteiger charge is -2.21. The molecule has 0 aliphatic rings. The summed E-state index contributed by atoms with van der Waals surface area (Å²) in [6.07, 6.45) is 63.8. The standard InChI is InChI=1S/C80H156O17P2/c1-6-9-12-15-18-21-24-26-28-29-30-31-32-33-35-41-46-51-56-61-66-80(85)97-76(70-91-78(83)64-59-54-49-44-39-37-36-38-42-47-52-57-62-73(4)5)72-95-99(88,89)93-68-74(81)67-92-98(86,87)94-71-75(69-90-77(82)63-58-53-48-43-23-20-17-14-11-8-3)96-79(84)65-60-55-50-45-40-34-27-25-22-19-16-13-10-7-2/h73-76,81H,6-72H2,1-5H3,(H,86,87)(H,88,89)/t74-,75+,76+/m0/s1. The topological polar surface area (TPSA) is 237 Å². The van der Waals surface area contributed by atoms with E-state index in [2.05, 4.69) is 34.6 Å². The molecule has 0 bridgehead atoms. The number of aliphatic hydroxyl groups is 1. The minimum Gasteiger partial charge on any atom is -0.462 e. The minimum absolute atomic E-state index is 0.108. The lowest BCUT2D eigenvalue weighted by atomic mass is 10.0. The summed E-state index contributed by atoms with van der Waals surface area (Å²) in [5.41, 5.74) is 0. The summed E-state index contributed by atoms with van der Waals surface area (Å²) in [6, 6.07) is 0. The van der Waals surface area contributed by atoms with Crippen molar-refractivity contribution in [2.75, 3.05) is 39.6 Å². The fourth-order valence-corrected chi connectivity index (χ4v) is 14.0. The number of rotatable bonds is 80. The Labute approximate surface area is 607 Å². The van der Waals surface area contributed by atoms with Crippen LogP contribution in [-0.4, -0.2) is 96.7 Å². The van der Waals surface area contributed by atoms with Gasteiger partial charge < -0.3 is 33.8 Å². The van der Waals surface area contributed by atoms with Crippen molar-refractivity contribution in [1.82, 2.24) is 0 Å². The molecule has 0 saturated heterocycles. The van der Waals surface area contributed by atoms with Crippen molar-refractivity contribution in [3.63, 3.8) is 0 Å². The number of hydrogen-bond donors (Lipinski definition) is 3. The van der Waals surface area contributed by atoms with E-state index in [0.29, 0.717) is 25.7 Å². The van der Waals surface area contributed by atoms with E-state index in [-0.39, 0.29) is 25.7 Å². The molecule has 0 aromatic heterocycles. The molecule has 3 N–H and O–H groups in total. The first-order valence-electron chi connectivity index (χ1n) is 41.6. The van der Waals surface area contributed by atoms with Gasteiger partial charge in [-0.1, -0.05) is 375 Å². The van der Waals surface area contributed by atoms with Crippen LogP contribution < -0.4 is 0 Å². The van der Waals surface area contributed by atoms with Crippen molar-refractivity contribution < 1.29 is 80.2 Å². The largest absolute Gasteiger partial charge is 0.472 e. The maximum absolute atomic E-state index is 13.1. The molecule has 0 heterocycles. The molecular weight excluding hydrogens is 1290 g/mol. The van der Waals surface area contributed by atoms with E-state index < -0.39 is 97.5 Å². The first-order valence-corrected chi connectivity index (χ1v) is 44.6. The zero-order valence-corrected chi connectivity index (χ0v) is 66.4. The molecule has 0 fully saturated rings. The molecule has 0 aliphatic carbocycles. The number of carbonyl (C=O) groups excluding carboxylic acids is 4. The smallest absolute Gasteiger partial charge is 0.462 e. The summed E-state index contributed by atoms with van der Waals surface area (Å²) in [5.74, 6) is -1.33. The van der Waals surface area contributed by atoms with Crippen LogP contribution in [0.15, 0.2) is 0 Å². The van der Waals surface area contributed by atoms with Gasteiger partial charge in [-0.05, 0) is 31.6 Å². The molecule has 0 amide bonds. The fourth-order valence-electron chi connectivity index (χ4n) is 12.4. The molecule has 17 nitrogen and oxygen atoms in total. The lowest BCUT2D eigenvalue weighted by Crippen LogP contribution is -2.30. The van der Waals surface area contributed by atoms with Crippen LogP contribution in [0.3, 0.4) is 0 Å². The highest BCUT2D eigenvalue weighted by atomic mass is 31.2. The summed E-state index contributed by atoms with van der Waals surface area (Å²) in [4.78, 5) is 73.0. The van der Waals surface area contributed by atoms with Gasteiger partial charge in [0.25, 0.3) is 0 Å². The quantitative estimate of drug-likeness (QED) is 0.0222. The summed E-state index contributed by atoms with van der Waals surface area (Å²) in [5, 5.41) is 10.6. The number of carbonyl (C=O) groups is 4. The molecule has 19 heteroatoms. The van der Waals surface area contributed by atoms with Crippen LogP contribution in [0.5, 0.6) is 0 Å². The normalized spacial score (nSPS) is 13.9. The third kappa shape index (κ3) is 74.1. The predicted molar refractivity (Wildman–Crippen MR) is 405 cm³/mol. The molecule has 588 valence electrons. The van der Waals surface area contributed by atoms with Gasteiger partial charge in [0.05, 0.1) is 26.4 Å². The highest BCUT2D eigenvalue weighted by Crippen LogP contribution is 2.45.